The Labute approximate surface area is 69.3 Å². The third-order valence-corrected chi connectivity index (χ3v) is 1.90. The van der Waals surface area contributed by atoms with E-state index >= 15 is 0 Å². The van der Waals surface area contributed by atoms with Crippen LogP contribution in [0, 0.1) is 0 Å². The van der Waals surface area contributed by atoms with Gasteiger partial charge in [-0.15, -0.1) is 10.2 Å². The van der Waals surface area contributed by atoms with Gasteiger partial charge in [0.25, 0.3) is 0 Å². The second-order valence-corrected chi connectivity index (χ2v) is 2.78. The molecule has 0 aliphatic heterocycles. The second kappa shape index (κ2) is 3.59. The van der Waals surface area contributed by atoms with Crippen LogP contribution in [0.1, 0.15) is 5.82 Å². The summed E-state index contributed by atoms with van der Waals surface area (Å²) < 4.78 is 1.49. The van der Waals surface area contributed by atoms with Crippen LogP contribution in [0.2, 0.25) is 0 Å². The van der Waals surface area contributed by atoms with E-state index in [2.05, 4.69) is 15.5 Å². The average Bonchev–Trinajstić information content (AvgIpc) is 2.34. The molecule has 0 unspecified atom stereocenters. The molecule has 0 amide bonds. The number of nitrogens with two attached hydrogens (primary N) is 1. The fourth-order valence-corrected chi connectivity index (χ4v) is 1.15. The van der Waals surface area contributed by atoms with Crippen molar-refractivity contribution in [3.05, 3.63) is 5.82 Å². The standard InChI is InChI=1S/C5H11N5S/c1-7-3-4-8-9-5(11-2)10(4)6/h7H,3,6H2,1-2H3. The van der Waals surface area contributed by atoms with Crippen LogP contribution in [0.4, 0.5) is 0 Å². The van der Waals surface area contributed by atoms with E-state index in [9.17, 15) is 0 Å². The topological polar surface area (TPSA) is 68.8 Å². The highest BCUT2D eigenvalue weighted by Crippen LogP contribution is 2.08. The van der Waals surface area contributed by atoms with Crippen LogP contribution >= 0.6 is 11.8 Å². The summed E-state index contributed by atoms with van der Waals surface area (Å²) in [5.41, 5.74) is 0. The van der Waals surface area contributed by atoms with Gasteiger partial charge < -0.3 is 11.2 Å². The number of thioether (sulfide) groups is 1. The van der Waals surface area contributed by atoms with Crippen LogP contribution in [0.3, 0.4) is 0 Å². The van der Waals surface area contributed by atoms with Crippen molar-refractivity contribution >= 4 is 11.8 Å². The third-order valence-electron chi connectivity index (χ3n) is 1.25. The van der Waals surface area contributed by atoms with Gasteiger partial charge in [-0.1, -0.05) is 11.8 Å². The Kier molecular flexibility index (Phi) is 2.72. The number of aromatic nitrogens is 3. The number of nitrogens with zero attached hydrogens (tertiary/aromatic N) is 3. The maximum absolute atomic E-state index is 5.63. The van der Waals surface area contributed by atoms with Crippen molar-refractivity contribution in [1.29, 1.82) is 0 Å². The Hall–Kier alpha value is -0.750. The zero-order valence-corrected chi connectivity index (χ0v) is 7.35. The maximum Gasteiger partial charge on any atom is 0.209 e. The number of hydrogen-bond acceptors (Lipinski definition) is 5. The highest BCUT2D eigenvalue weighted by molar-refractivity contribution is 7.98. The van der Waals surface area contributed by atoms with Gasteiger partial charge in [0.2, 0.25) is 5.16 Å². The average molecular weight is 173 g/mol. The first kappa shape index (κ1) is 8.35. The predicted molar refractivity (Wildman–Crippen MR) is 44.7 cm³/mol. The van der Waals surface area contributed by atoms with Crippen molar-refractivity contribution in [2.75, 3.05) is 19.1 Å². The molecule has 11 heavy (non-hydrogen) atoms. The van der Waals surface area contributed by atoms with Crippen LogP contribution in [-0.2, 0) is 6.54 Å². The third kappa shape index (κ3) is 1.63. The maximum atomic E-state index is 5.63. The van der Waals surface area contributed by atoms with E-state index in [1.165, 1.54) is 16.4 Å². The van der Waals surface area contributed by atoms with Crippen molar-refractivity contribution in [2.45, 2.75) is 11.7 Å². The lowest BCUT2D eigenvalue weighted by Crippen LogP contribution is -2.18. The molecule has 62 valence electrons. The van der Waals surface area contributed by atoms with E-state index in [1.807, 2.05) is 13.3 Å². The second-order valence-electron chi connectivity index (χ2n) is 2.00. The molecule has 1 heterocycles. The Morgan fingerprint density at radius 1 is 1.64 bits per heavy atom. The molecule has 1 rings (SSSR count). The van der Waals surface area contributed by atoms with Crippen molar-refractivity contribution in [3.63, 3.8) is 0 Å². The minimum absolute atomic E-state index is 0.643. The van der Waals surface area contributed by atoms with Crippen molar-refractivity contribution < 1.29 is 0 Å². The summed E-state index contributed by atoms with van der Waals surface area (Å²) in [6, 6.07) is 0. The molecule has 0 saturated carbocycles. The molecule has 0 aromatic carbocycles. The molecule has 0 fully saturated rings. The van der Waals surface area contributed by atoms with Gasteiger partial charge in [-0.3, -0.25) is 0 Å². The number of rotatable bonds is 3. The quantitative estimate of drug-likeness (QED) is 0.473. The van der Waals surface area contributed by atoms with Gasteiger partial charge in [-0.2, -0.15) is 0 Å². The molecule has 0 aliphatic rings. The van der Waals surface area contributed by atoms with Gasteiger partial charge in [0.05, 0.1) is 6.54 Å². The molecule has 0 radical (unpaired) electrons. The minimum Gasteiger partial charge on any atom is -0.335 e. The number of nitrogens with one attached hydrogen (secondary N) is 1. The molecule has 6 heteroatoms. The van der Waals surface area contributed by atoms with Gasteiger partial charge in [0, 0.05) is 0 Å². The lowest BCUT2D eigenvalue weighted by Gasteiger charge is -1.99. The van der Waals surface area contributed by atoms with Crippen LogP contribution in [0.15, 0.2) is 5.16 Å². The monoisotopic (exact) mass is 173 g/mol. The van der Waals surface area contributed by atoms with Crippen molar-refractivity contribution in [2.24, 2.45) is 0 Å². The molecule has 1 aromatic rings. The Morgan fingerprint density at radius 3 is 2.82 bits per heavy atom. The molecule has 0 bridgehead atoms. The van der Waals surface area contributed by atoms with E-state index in [-0.39, 0.29) is 0 Å². The summed E-state index contributed by atoms with van der Waals surface area (Å²) in [4.78, 5) is 0. The van der Waals surface area contributed by atoms with Gasteiger partial charge in [0.1, 0.15) is 0 Å². The molecule has 5 nitrogen and oxygen atoms in total. The highest BCUT2D eigenvalue weighted by Gasteiger charge is 2.05. The van der Waals surface area contributed by atoms with Crippen molar-refractivity contribution in [1.82, 2.24) is 20.2 Å². The van der Waals surface area contributed by atoms with E-state index in [1.54, 1.807) is 0 Å². The zero-order chi connectivity index (χ0) is 8.27. The van der Waals surface area contributed by atoms with Crippen LogP contribution in [0.25, 0.3) is 0 Å². The van der Waals surface area contributed by atoms with E-state index in [0.29, 0.717) is 6.54 Å². The van der Waals surface area contributed by atoms with Gasteiger partial charge in [0.15, 0.2) is 5.82 Å². The predicted octanol–water partition coefficient (Wildman–Crippen LogP) is -0.567. The Balaban J connectivity index is 2.82. The van der Waals surface area contributed by atoms with E-state index in [4.69, 9.17) is 5.84 Å². The lowest BCUT2D eigenvalue weighted by molar-refractivity contribution is 0.710. The SMILES string of the molecule is CNCc1nnc(SC)n1N. The summed E-state index contributed by atoms with van der Waals surface area (Å²) in [7, 11) is 1.84. The number of nitrogen functional groups attached to an aromatic ring is 1. The molecule has 0 aliphatic carbocycles. The summed E-state index contributed by atoms with van der Waals surface area (Å²) in [5.74, 6) is 6.38. The van der Waals surface area contributed by atoms with Gasteiger partial charge in [-0.05, 0) is 13.3 Å². The lowest BCUT2D eigenvalue weighted by atomic mass is 10.6. The van der Waals surface area contributed by atoms with Crippen LogP contribution in [0.5, 0.6) is 0 Å². The smallest absolute Gasteiger partial charge is 0.209 e. The van der Waals surface area contributed by atoms with Crippen molar-refractivity contribution in [3.8, 4) is 0 Å². The first-order valence-electron chi connectivity index (χ1n) is 3.17. The molecule has 1 aromatic heterocycles. The van der Waals surface area contributed by atoms with Gasteiger partial charge >= 0.3 is 0 Å². The highest BCUT2D eigenvalue weighted by atomic mass is 32.2. The minimum atomic E-state index is 0.643. The Morgan fingerprint density at radius 2 is 2.36 bits per heavy atom. The molecular weight excluding hydrogens is 162 g/mol. The summed E-state index contributed by atoms with van der Waals surface area (Å²) in [6.45, 7) is 0.643. The fraction of sp³-hybridized carbons (Fsp3) is 0.600. The van der Waals surface area contributed by atoms with E-state index < -0.39 is 0 Å². The number of hydrogen-bond donors (Lipinski definition) is 2. The summed E-state index contributed by atoms with van der Waals surface area (Å²) >= 11 is 1.48. The molecule has 0 atom stereocenters. The zero-order valence-electron chi connectivity index (χ0n) is 6.53. The normalized spacial score (nSPS) is 10.4. The summed E-state index contributed by atoms with van der Waals surface area (Å²) in [6.07, 6.45) is 1.91. The van der Waals surface area contributed by atoms with Gasteiger partial charge in [-0.25, -0.2) is 4.68 Å². The Bertz CT molecular complexity index is 233. The first-order valence-corrected chi connectivity index (χ1v) is 4.40. The summed E-state index contributed by atoms with van der Waals surface area (Å²) in [5, 5.41) is 11.4. The first-order chi connectivity index (χ1) is 5.29. The van der Waals surface area contributed by atoms with E-state index in [0.717, 1.165) is 11.0 Å². The van der Waals surface area contributed by atoms with Crippen LogP contribution in [-0.4, -0.2) is 28.2 Å². The largest absolute Gasteiger partial charge is 0.335 e. The molecule has 0 saturated heterocycles. The molecule has 3 N–H and O–H groups in total. The fourth-order valence-electron chi connectivity index (χ4n) is 0.725. The van der Waals surface area contributed by atoms with Crippen LogP contribution < -0.4 is 11.2 Å². The molecule has 0 spiro atoms. The molecular formula is C5H11N5S.